The van der Waals surface area contributed by atoms with Crippen LogP contribution in [0.1, 0.15) is 44.2 Å². The first-order valence-electron chi connectivity index (χ1n) is 9.84. The molecule has 0 spiro atoms. The fraction of sp³-hybridized carbons (Fsp3) is 0.714. The van der Waals surface area contributed by atoms with Crippen molar-refractivity contribution in [3.8, 4) is 11.5 Å². The van der Waals surface area contributed by atoms with Crippen LogP contribution in [0.4, 0.5) is 0 Å². The standard InChI is InChI=1S/C21H31NO4/c1-5-21(25-10-11-26-21)13-20-8-9-22(3)16(14(20)2)12-15-6-7-17(24-4)19(23)18(15)20/h6-7,14,16,23H,5,8-13H2,1-4H3/t14?,16-,20+/m1/s1. The summed E-state index contributed by atoms with van der Waals surface area (Å²) in [5.41, 5.74) is 2.15. The predicted molar refractivity (Wildman–Crippen MR) is 99.8 cm³/mol. The maximum absolute atomic E-state index is 11.1. The van der Waals surface area contributed by atoms with E-state index >= 15 is 0 Å². The van der Waals surface area contributed by atoms with Crippen molar-refractivity contribution in [1.82, 2.24) is 4.90 Å². The molecule has 2 aliphatic heterocycles. The Kier molecular flexibility index (Phi) is 4.45. The van der Waals surface area contributed by atoms with E-state index in [1.54, 1.807) is 7.11 Å². The van der Waals surface area contributed by atoms with Gasteiger partial charge in [-0.3, -0.25) is 0 Å². The molecule has 1 unspecified atom stereocenters. The molecule has 0 amide bonds. The van der Waals surface area contributed by atoms with Crippen molar-refractivity contribution in [2.24, 2.45) is 5.92 Å². The van der Waals surface area contributed by atoms with Gasteiger partial charge in [0.1, 0.15) is 0 Å². The molecule has 3 atom stereocenters. The number of rotatable bonds is 4. The summed E-state index contributed by atoms with van der Waals surface area (Å²) in [5.74, 6) is 0.734. The third-order valence-corrected chi connectivity index (χ3v) is 7.24. The normalized spacial score (nSPS) is 33.1. The quantitative estimate of drug-likeness (QED) is 0.893. The van der Waals surface area contributed by atoms with Gasteiger partial charge in [0, 0.05) is 23.4 Å². The Hall–Kier alpha value is -1.30. The highest BCUT2D eigenvalue weighted by atomic mass is 16.7. The Balaban J connectivity index is 1.88. The van der Waals surface area contributed by atoms with E-state index in [9.17, 15) is 5.11 Å². The van der Waals surface area contributed by atoms with Crippen LogP contribution in [-0.2, 0) is 21.3 Å². The summed E-state index contributed by atoms with van der Waals surface area (Å²) in [6, 6.07) is 4.50. The zero-order valence-electron chi connectivity index (χ0n) is 16.4. The largest absolute Gasteiger partial charge is 0.504 e. The fourth-order valence-corrected chi connectivity index (χ4v) is 5.68. The Morgan fingerprint density at radius 2 is 2.04 bits per heavy atom. The Bertz CT molecular complexity index is 685. The first kappa shape index (κ1) is 18.1. The minimum Gasteiger partial charge on any atom is -0.504 e. The lowest BCUT2D eigenvalue weighted by Crippen LogP contribution is -2.60. The number of phenols is 1. The van der Waals surface area contributed by atoms with Crippen molar-refractivity contribution < 1.29 is 19.3 Å². The number of benzene rings is 1. The molecule has 26 heavy (non-hydrogen) atoms. The molecule has 2 fully saturated rings. The summed E-state index contributed by atoms with van der Waals surface area (Å²) in [6.07, 6.45) is 3.56. The molecule has 5 heteroatoms. The number of nitrogens with zero attached hydrogens (tertiary/aromatic N) is 1. The first-order chi connectivity index (χ1) is 12.5. The molecular formula is C21H31NO4. The summed E-state index contributed by atoms with van der Waals surface area (Å²) in [6.45, 7) is 6.79. The van der Waals surface area contributed by atoms with E-state index in [1.165, 1.54) is 5.56 Å². The molecule has 4 rings (SSSR count). The van der Waals surface area contributed by atoms with E-state index in [0.717, 1.165) is 37.8 Å². The third kappa shape index (κ3) is 2.48. The van der Waals surface area contributed by atoms with Gasteiger partial charge >= 0.3 is 0 Å². The van der Waals surface area contributed by atoms with Gasteiger partial charge in [0.15, 0.2) is 17.3 Å². The molecule has 0 saturated carbocycles. The summed E-state index contributed by atoms with van der Waals surface area (Å²) in [4.78, 5) is 2.47. The van der Waals surface area contributed by atoms with Crippen LogP contribution in [0.15, 0.2) is 12.1 Å². The van der Waals surface area contributed by atoms with Crippen molar-refractivity contribution >= 4 is 0 Å². The Morgan fingerprint density at radius 1 is 1.31 bits per heavy atom. The number of likely N-dealkylation sites (N-methyl/N-ethyl adjacent to an activating group) is 1. The second-order valence-electron chi connectivity index (χ2n) is 8.24. The van der Waals surface area contributed by atoms with Gasteiger partial charge in [0.05, 0.1) is 20.3 Å². The molecule has 5 nitrogen and oxygen atoms in total. The minimum atomic E-state index is -0.543. The van der Waals surface area contributed by atoms with E-state index in [1.807, 2.05) is 6.07 Å². The molecule has 2 bridgehead atoms. The summed E-state index contributed by atoms with van der Waals surface area (Å²) >= 11 is 0. The lowest BCUT2D eigenvalue weighted by atomic mass is 9.55. The van der Waals surface area contributed by atoms with E-state index in [-0.39, 0.29) is 5.41 Å². The molecular weight excluding hydrogens is 330 g/mol. The van der Waals surface area contributed by atoms with Gasteiger partial charge in [-0.1, -0.05) is 19.9 Å². The van der Waals surface area contributed by atoms with Crippen LogP contribution in [0.3, 0.4) is 0 Å². The van der Waals surface area contributed by atoms with Crippen molar-refractivity contribution in [3.05, 3.63) is 23.3 Å². The van der Waals surface area contributed by atoms with Crippen molar-refractivity contribution in [3.63, 3.8) is 0 Å². The summed E-state index contributed by atoms with van der Waals surface area (Å²) in [5, 5.41) is 11.1. The fourth-order valence-electron chi connectivity index (χ4n) is 5.68. The van der Waals surface area contributed by atoms with Gasteiger partial charge < -0.3 is 24.2 Å². The van der Waals surface area contributed by atoms with Crippen LogP contribution in [0.5, 0.6) is 11.5 Å². The average molecular weight is 361 g/mol. The highest BCUT2D eigenvalue weighted by Gasteiger charge is 2.56. The van der Waals surface area contributed by atoms with Crippen LogP contribution in [0.25, 0.3) is 0 Å². The average Bonchev–Trinajstić information content (AvgIpc) is 3.10. The Morgan fingerprint density at radius 3 is 2.69 bits per heavy atom. The molecule has 1 N–H and O–H groups in total. The number of phenolic OH excluding ortho intramolecular Hbond substituents is 1. The molecule has 144 valence electrons. The van der Waals surface area contributed by atoms with Crippen molar-refractivity contribution in [2.45, 2.75) is 56.8 Å². The first-order valence-corrected chi connectivity index (χ1v) is 9.84. The van der Waals surface area contributed by atoms with Crippen LogP contribution in [-0.4, -0.2) is 55.8 Å². The number of fused-ring (bicyclic) bond motifs is 4. The van der Waals surface area contributed by atoms with Crippen LogP contribution >= 0.6 is 0 Å². The van der Waals surface area contributed by atoms with Crippen molar-refractivity contribution in [1.29, 1.82) is 0 Å². The third-order valence-electron chi connectivity index (χ3n) is 7.24. The second-order valence-corrected chi connectivity index (χ2v) is 8.24. The molecule has 1 aliphatic carbocycles. The highest BCUT2D eigenvalue weighted by molar-refractivity contribution is 5.56. The SMILES string of the molecule is CCC1(C[C@]23CCN(C)[C@H](Cc4ccc(OC)c(O)c42)C3C)OCCO1. The molecule has 1 aromatic carbocycles. The zero-order valence-corrected chi connectivity index (χ0v) is 16.4. The molecule has 2 heterocycles. The number of likely N-dealkylation sites (tertiary alicyclic amines) is 1. The van der Waals surface area contributed by atoms with Crippen LogP contribution < -0.4 is 4.74 Å². The van der Waals surface area contributed by atoms with Gasteiger partial charge in [0.25, 0.3) is 0 Å². The van der Waals surface area contributed by atoms with Gasteiger partial charge in [-0.15, -0.1) is 0 Å². The smallest absolute Gasteiger partial charge is 0.169 e. The monoisotopic (exact) mass is 361 g/mol. The van der Waals surface area contributed by atoms with E-state index < -0.39 is 5.79 Å². The molecule has 1 aromatic rings. The second kappa shape index (κ2) is 6.39. The molecule has 2 saturated heterocycles. The number of hydrogen-bond donors (Lipinski definition) is 1. The maximum Gasteiger partial charge on any atom is 0.169 e. The van der Waals surface area contributed by atoms with E-state index in [0.29, 0.717) is 36.7 Å². The van der Waals surface area contributed by atoms with Crippen LogP contribution in [0, 0.1) is 5.92 Å². The zero-order chi connectivity index (χ0) is 18.5. The van der Waals surface area contributed by atoms with Crippen molar-refractivity contribution in [2.75, 3.05) is 33.9 Å². The number of hydrogen-bond acceptors (Lipinski definition) is 5. The van der Waals surface area contributed by atoms with Gasteiger partial charge in [-0.2, -0.15) is 0 Å². The Labute approximate surface area is 156 Å². The lowest BCUT2D eigenvalue weighted by molar-refractivity contribution is -0.185. The van der Waals surface area contributed by atoms with Crippen LogP contribution in [0.2, 0.25) is 0 Å². The minimum absolute atomic E-state index is 0.163. The predicted octanol–water partition coefficient (Wildman–Crippen LogP) is 3.08. The summed E-state index contributed by atoms with van der Waals surface area (Å²) in [7, 11) is 3.84. The number of piperidine rings is 1. The van der Waals surface area contributed by atoms with Gasteiger partial charge in [0.2, 0.25) is 0 Å². The number of methoxy groups -OCH3 is 1. The van der Waals surface area contributed by atoms with Gasteiger partial charge in [-0.05, 0) is 50.4 Å². The molecule has 0 radical (unpaired) electrons. The highest BCUT2D eigenvalue weighted by Crippen LogP contribution is 2.57. The topological polar surface area (TPSA) is 51.2 Å². The summed E-state index contributed by atoms with van der Waals surface area (Å²) < 4.78 is 17.7. The number of ether oxygens (including phenoxy) is 3. The molecule has 3 aliphatic rings. The van der Waals surface area contributed by atoms with E-state index in [4.69, 9.17) is 14.2 Å². The molecule has 0 aromatic heterocycles. The number of aromatic hydroxyl groups is 1. The maximum atomic E-state index is 11.1. The van der Waals surface area contributed by atoms with Gasteiger partial charge in [-0.25, -0.2) is 0 Å². The lowest BCUT2D eigenvalue weighted by Gasteiger charge is -2.57. The van der Waals surface area contributed by atoms with E-state index in [2.05, 4.69) is 31.9 Å².